The molecular formula is C16H20ClFO2. The highest BCUT2D eigenvalue weighted by Gasteiger charge is 2.09. The van der Waals surface area contributed by atoms with Crippen molar-refractivity contribution < 1.29 is 13.9 Å². The Morgan fingerprint density at radius 2 is 2.00 bits per heavy atom. The van der Waals surface area contributed by atoms with Gasteiger partial charge in [0, 0.05) is 18.4 Å². The van der Waals surface area contributed by atoms with Crippen LogP contribution in [-0.2, 0) is 4.74 Å². The van der Waals surface area contributed by atoms with Gasteiger partial charge in [-0.25, -0.2) is 4.39 Å². The lowest BCUT2D eigenvalue weighted by molar-refractivity contribution is -0.0163. The van der Waals surface area contributed by atoms with Crippen LogP contribution in [0.1, 0.15) is 32.8 Å². The Morgan fingerprint density at radius 1 is 1.25 bits per heavy atom. The number of benzene rings is 1. The molecule has 0 atom stereocenters. The minimum absolute atomic E-state index is 0.198. The SMILES string of the molecule is CC(C)(C)OCCOc1ccc(C#CCCCl)c(F)c1. The lowest BCUT2D eigenvalue weighted by Gasteiger charge is -2.19. The van der Waals surface area contributed by atoms with Gasteiger partial charge in [-0.3, -0.25) is 0 Å². The normalized spacial score (nSPS) is 10.8. The van der Waals surface area contributed by atoms with E-state index < -0.39 is 0 Å². The number of hydrogen-bond donors (Lipinski definition) is 0. The topological polar surface area (TPSA) is 18.5 Å². The molecule has 0 saturated heterocycles. The highest BCUT2D eigenvalue weighted by Crippen LogP contribution is 2.16. The van der Waals surface area contributed by atoms with E-state index in [2.05, 4.69) is 11.8 Å². The van der Waals surface area contributed by atoms with Gasteiger partial charge in [0.25, 0.3) is 0 Å². The molecule has 110 valence electrons. The van der Waals surface area contributed by atoms with E-state index in [4.69, 9.17) is 21.1 Å². The molecule has 0 spiro atoms. The maximum Gasteiger partial charge on any atom is 0.142 e. The standard InChI is InChI=1S/C16H20ClFO2/c1-16(2,3)20-11-10-19-14-8-7-13(15(18)12-14)6-4-5-9-17/h7-8,12H,5,9-11H2,1-3H3. The molecule has 4 heteroatoms. The van der Waals surface area contributed by atoms with E-state index >= 15 is 0 Å². The molecule has 2 nitrogen and oxygen atoms in total. The summed E-state index contributed by atoms with van der Waals surface area (Å²) < 4.78 is 24.7. The number of hydrogen-bond acceptors (Lipinski definition) is 2. The van der Waals surface area contributed by atoms with Crippen molar-refractivity contribution in [3.63, 3.8) is 0 Å². The number of rotatable bonds is 5. The maximum atomic E-state index is 13.7. The first-order valence-corrected chi connectivity index (χ1v) is 7.07. The van der Waals surface area contributed by atoms with Crippen LogP contribution in [-0.4, -0.2) is 24.7 Å². The molecule has 1 aromatic carbocycles. The fourth-order valence-electron chi connectivity index (χ4n) is 1.40. The van der Waals surface area contributed by atoms with Crippen LogP contribution in [0.15, 0.2) is 18.2 Å². The molecule has 1 rings (SSSR count). The molecule has 20 heavy (non-hydrogen) atoms. The first-order valence-electron chi connectivity index (χ1n) is 6.53. The summed E-state index contributed by atoms with van der Waals surface area (Å²) in [6.45, 7) is 6.76. The molecule has 0 radical (unpaired) electrons. The van der Waals surface area contributed by atoms with Gasteiger partial charge in [0.2, 0.25) is 0 Å². The van der Waals surface area contributed by atoms with Crippen molar-refractivity contribution in [1.29, 1.82) is 0 Å². The van der Waals surface area contributed by atoms with E-state index in [9.17, 15) is 4.39 Å². The van der Waals surface area contributed by atoms with Gasteiger partial charge in [0.1, 0.15) is 18.2 Å². The van der Waals surface area contributed by atoms with Gasteiger partial charge < -0.3 is 9.47 Å². The van der Waals surface area contributed by atoms with Crippen LogP contribution in [0.5, 0.6) is 5.75 Å². The van der Waals surface area contributed by atoms with Gasteiger partial charge >= 0.3 is 0 Å². The van der Waals surface area contributed by atoms with Crippen LogP contribution in [0.4, 0.5) is 4.39 Å². The monoisotopic (exact) mass is 298 g/mol. The molecular weight excluding hydrogens is 279 g/mol. The fourth-order valence-corrected chi connectivity index (χ4v) is 1.49. The van der Waals surface area contributed by atoms with E-state index in [1.807, 2.05) is 20.8 Å². The van der Waals surface area contributed by atoms with Gasteiger partial charge in [-0.05, 0) is 32.9 Å². The van der Waals surface area contributed by atoms with Crippen molar-refractivity contribution in [2.24, 2.45) is 0 Å². The van der Waals surface area contributed by atoms with Gasteiger partial charge in [-0.15, -0.1) is 11.6 Å². The van der Waals surface area contributed by atoms with Crippen LogP contribution in [0.3, 0.4) is 0 Å². The molecule has 0 aliphatic carbocycles. The largest absolute Gasteiger partial charge is 0.491 e. The molecule has 0 saturated carbocycles. The smallest absolute Gasteiger partial charge is 0.142 e. The third-order valence-electron chi connectivity index (χ3n) is 2.27. The molecule has 0 bridgehead atoms. The van der Waals surface area contributed by atoms with Crippen molar-refractivity contribution in [2.75, 3.05) is 19.1 Å². The van der Waals surface area contributed by atoms with Gasteiger partial charge in [-0.2, -0.15) is 0 Å². The maximum absolute atomic E-state index is 13.7. The molecule has 0 aliphatic heterocycles. The Balaban J connectivity index is 2.50. The lowest BCUT2D eigenvalue weighted by Crippen LogP contribution is -2.22. The van der Waals surface area contributed by atoms with Crippen LogP contribution in [0.25, 0.3) is 0 Å². The Bertz CT molecular complexity index is 483. The Morgan fingerprint density at radius 3 is 2.60 bits per heavy atom. The fraction of sp³-hybridized carbons (Fsp3) is 0.500. The van der Waals surface area contributed by atoms with Crippen LogP contribution in [0, 0.1) is 17.7 Å². The molecule has 0 aliphatic rings. The summed E-state index contributed by atoms with van der Waals surface area (Å²) in [5.74, 6) is 6.07. The Labute approximate surface area is 125 Å². The summed E-state index contributed by atoms with van der Waals surface area (Å²) in [5.41, 5.74) is 0.157. The molecule has 0 fully saturated rings. The van der Waals surface area contributed by atoms with E-state index in [-0.39, 0.29) is 11.4 Å². The molecule has 0 unspecified atom stereocenters. The average Bonchev–Trinajstić information content (AvgIpc) is 2.36. The summed E-state index contributed by atoms with van der Waals surface area (Å²) in [6, 6.07) is 4.64. The van der Waals surface area contributed by atoms with E-state index in [0.717, 1.165) is 0 Å². The van der Waals surface area contributed by atoms with E-state index in [1.54, 1.807) is 12.1 Å². The predicted molar refractivity (Wildman–Crippen MR) is 79.8 cm³/mol. The molecule has 1 aromatic rings. The zero-order valence-corrected chi connectivity index (χ0v) is 12.9. The van der Waals surface area contributed by atoms with Crippen LogP contribution in [0.2, 0.25) is 0 Å². The van der Waals surface area contributed by atoms with E-state index in [1.165, 1.54) is 6.07 Å². The Hall–Kier alpha value is -1.24. The quantitative estimate of drug-likeness (QED) is 0.465. The zero-order chi connectivity index (χ0) is 15.0. The van der Waals surface area contributed by atoms with Gasteiger partial charge in [-0.1, -0.05) is 11.8 Å². The van der Waals surface area contributed by atoms with E-state index in [0.29, 0.717) is 36.8 Å². The van der Waals surface area contributed by atoms with Crippen molar-refractivity contribution in [3.05, 3.63) is 29.6 Å². The average molecular weight is 299 g/mol. The summed E-state index contributed by atoms with van der Waals surface area (Å²) in [4.78, 5) is 0. The van der Waals surface area contributed by atoms with Crippen molar-refractivity contribution in [2.45, 2.75) is 32.8 Å². The van der Waals surface area contributed by atoms with Crippen molar-refractivity contribution in [3.8, 4) is 17.6 Å². The zero-order valence-electron chi connectivity index (χ0n) is 12.1. The number of halogens is 2. The molecule has 0 aromatic heterocycles. The first kappa shape index (κ1) is 16.8. The summed E-state index contributed by atoms with van der Waals surface area (Å²) in [5, 5.41) is 0. The highest BCUT2D eigenvalue weighted by molar-refractivity contribution is 6.18. The third kappa shape index (κ3) is 6.79. The second-order valence-electron chi connectivity index (χ2n) is 5.19. The van der Waals surface area contributed by atoms with Crippen molar-refractivity contribution >= 4 is 11.6 Å². The minimum atomic E-state index is -0.388. The first-order chi connectivity index (χ1) is 9.42. The number of alkyl halides is 1. The summed E-state index contributed by atoms with van der Waals surface area (Å²) in [7, 11) is 0. The van der Waals surface area contributed by atoms with Gasteiger partial charge in [0.15, 0.2) is 0 Å². The van der Waals surface area contributed by atoms with Crippen LogP contribution < -0.4 is 4.74 Å². The molecule has 0 amide bonds. The predicted octanol–water partition coefficient (Wildman–Crippen LogP) is 4.00. The lowest BCUT2D eigenvalue weighted by atomic mass is 10.2. The second kappa shape index (κ2) is 8.14. The van der Waals surface area contributed by atoms with Crippen LogP contribution >= 0.6 is 11.6 Å². The summed E-state index contributed by atoms with van der Waals surface area (Å²) in [6.07, 6.45) is 0.545. The highest BCUT2D eigenvalue weighted by atomic mass is 35.5. The van der Waals surface area contributed by atoms with Gasteiger partial charge in [0.05, 0.1) is 17.8 Å². The minimum Gasteiger partial charge on any atom is -0.491 e. The molecule has 0 N–H and O–H groups in total. The molecule has 0 heterocycles. The third-order valence-corrected chi connectivity index (χ3v) is 2.46. The summed E-state index contributed by atoms with van der Waals surface area (Å²) >= 11 is 5.51. The number of ether oxygens (including phenoxy) is 2. The second-order valence-corrected chi connectivity index (χ2v) is 5.57. The Kier molecular flexibility index (Phi) is 6.84. The van der Waals surface area contributed by atoms with Crippen molar-refractivity contribution in [1.82, 2.24) is 0 Å².